The lowest BCUT2D eigenvalue weighted by atomic mass is 9.81. The van der Waals surface area contributed by atoms with Crippen LogP contribution in [0.2, 0.25) is 0 Å². The first-order chi connectivity index (χ1) is 13.0. The van der Waals surface area contributed by atoms with E-state index < -0.39 is 11.6 Å². The molecular weight excluding hydrogens is 344 g/mol. The lowest BCUT2D eigenvalue weighted by Gasteiger charge is -2.27. The Hall–Kier alpha value is -3.41. The number of imide groups is 1. The van der Waals surface area contributed by atoms with Crippen LogP contribution in [0.4, 0.5) is 4.79 Å². The number of nitrogens with one attached hydrogen (secondary N) is 2. The van der Waals surface area contributed by atoms with Gasteiger partial charge in [0.2, 0.25) is 0 Å². The van der Waals surface area contributed by atoms with Gasteiger partial charge in [-0.2, -0.15) is 0 Å². The third-order valence-electron chi connectivity index (χ3n) is 5.14. The molecule has 0 bridgehead atoms. The molecule has 1 unspecified atom stereocenters. The molecule has 1 fully saturated rings. The van der Waals surface area contributed by atoms with E-state index in [4.69, 9.17) is 0 Å². The Morgan fingerprint density at radius 2 is 1.81 bits per heavy atom. The molecule has 1 atom stereocenters. The third kappa shape index (κ3) is 2.99. The van der Waals surface area contributed by atoms with E-state index >= 15 is 0 Å². The summed E-state index contributed by atoms with van der Waals surface area (Å²) >= 11 is 0. The summed E-state index contributed by atoms with van der Waals surface area (Å²) in [5.74, 6) is -0.477. The van der Waals surface area contributed by atoms with Crippen molar-refractivity contribution < 1.29 is 19.5 Å². The Balaban J connectivity index is 1.60. The maximum absolute atomic E-state index is 12.6. The molecule has 1 saturated heterocycles. The van der Waals surface area contributed by atoms with E-state index in [0.29, 0.717) is 30.4 Å². The van der Waals surface area contributed by atoms with E-state index in [0.717, 1.165) is 11.1 Å². The van der Waals surface area contributed by atoms with E-state index in [1.165, 1.54) is 6.07 Å². The van der Waals surface area contributed by atoms with Gasteiger partial charge in [-0.1, -0.05) is 42.0 Å². The largest absolute Gasteiger partial charge is 0.508 e. The van der Waals surface area contributed by atoms with Gasteiger partial charge in [0, 0.05) is 5.56 Å². The van der Waals surface area contributed by atoms with Crippen molar-refractivity contribution in [2.24, 2.45) is 0 Å². The highest BCUT2D eigenvalue weighted by Gasteiger charge is 2.47. The number of ketones is 1. The first-order valence-corrected chi connectivity index (χ1v) is 8.73. The Labute approximate surface area is 155 Å². The van der Waals surface area contributed by atoms with Gasteiger partial charge in [0.1, 0.15) is 11.3 Å². The molecule has 0 saturated carbocycles. The second-order valence-corrected chi connectivity index (χ2v) is 6.86. The molecule has 27 heavy (non-hydrogen) atoms. The van der Waals surface area contributed by atoms with Crippen LogP contribution in [0.25, 0.3) is 0 Å². The molecule has 4 rings (SSSR count). The molecule has 1 aliphatic heterocycles. The van der Waals surface area contributed by atoms with Gasteiger partial charge in [0.15, 0.2) is 5.78 Å². The van der Waals surface area contributed by atoms with Crippen molar-refractivity contribution in [3.05, 3.63) is 76.9 Å². The smallest absolute Gasteiger partial charge is 0.322 e. The summed E-state index contributed by atoms with van der Waals surface area (Å²) in [7, 11) is 0. The predicted molar refractivity (Wildman–Crippen MR) is 98.3 cm³/mol. The molecular formula is C21H18N2O4. The summed E-state index contributed by atoms with van der Waals surface area (Å²) in [6.45, 7) is 0. The average Bonchev–Trinajstić information content (AvgIpc) is 2.96. The normalized spacial score (nSPS) is 21.3. The van der Waals surface area contributed by atoms with Gasteiger partial charge in [0.05, 0.1) is 0 Å². The van der Waals surface area contributed by atoms with Crippen molar-refractivity contribution in [3.8, 4) is 5.75 Å². The number of hydrogen-bond acceptors (Lipinski definition) is 4. The van der Waals surface area contributed by atoms with Gasteiger partial charge < -0.3 is 10.4 Å². The second-order valence-electron chi connectivity index (χ2n) is 6.86. The van der Waals surface area contributed by atoms with Gasteiger partial charge in [-0.25, -0.2) is 4.79 Å². The van der Waals surface area contributed by atoms with Crippen LogP contribution in [-0.4, -0.2) is 22.8 Å². The van der Waals surface area contributed by atoms with Crippen molar-refractivity contribution in [2.75, 3.05) is 0 Å². The number of carbonyl (C=O) groups excluding carboxylic acids is 3. The highest BCUT2D eigenvalue weighted by atomic mass is 16.3. The third-order valence-corrected chi connectivity index (χ3v) is 5.14. The topological polar surface area (TPSA) is 95.5 Å². The summed E-state index contributed by atoms with van der Waals surface area (Å²) < 4.78 is 0. The van der Waals surface area contributed by atoms with Gasteiger partial charge in [-0.05, 0) is 48.6 Å². The monoisotopic (exact) mass is 362 g/mol. The highest BCUT2D eigenvalue weighted by Crippen LogP contribution is 2.34. The summed E-state index contributed by atoms with van der Waals surface area (Å²) in [5.41, 5.74) is 1.81. The van der Waals surface area contributed by atoms with Crippen molar-refractivity contribution in [1.82, 2.24) is 10.6 Å². The minimum Gasteiger partial charge on any atom is -0.508 e. The Bertz CT molecular complexity index is 981. The minimum absolute atomic E-state index is 0.0623. The van der Waals surface area contributed by atoms with Crippen molar-refractivity contribution >= 4 is 17.7 Å². The van der Waals surface area contributed by atoms with Crippen molar-refractivity contribution in [1.29, 1.82) is 0 Å². The molecule has 1 aliphatic carbocycles. The van der Waals surface area contributed by atoms with E-state index in [1.54, 1.807) is 18.2 Å². The molecule has 2 aromatic rings. The first kappa shape index (κ1) is 17.0. The number of hydrogen-bond donors (Lipinski definition) is 3. The predicted octanol–water partition coefficient (Wildman–Crippen LogP) is 2.57. The molecule has 6 nitrogen and oxygen atoms in total. The number of phenolic OH excluding ortho intramolecular Hbond substituents is 1. The quantitative estimate of drug-likeness (QED) is 0.729. The molecule has 3 amide bonds. The average molecular weight is 362 g/mol. The zero-order valence-corrected chi connectivity index (χ0v) is 14.5. The lowest BCUT2D eigenvalue weighted by Crippen LogP contribution is -2.43. The van der Waals surface area contributed by atoms with Gasteiger partial charge in [0.25, 0.3) is 5.91 Å². The fourth-order valence-electron chi connectivity index (χ4n) is 3.75. The number of rotatable bonds is 4. The number of aromatic hydroxyl groups is 1. The number of carbonyl (C=O) groups is 3. The Morgan fingerprint density at radius 1 is 1.04 bits per heavy atom. The van der Waals surface area contributed by atoms with Crippen LogP contribution in [0.5, 0.6) is 5.75 Å². The summed E-state index contributed by atoms with van der Waals surface area (Å²) in [6.07, 6.45) is 2.96. The zero-order valence-electron chi connectivity index (χ0n) is 14.5. The first-order valence-electron chi connectivity index (χ1n) is 8.73. The number of urea groups is 1. The van der Waals surface area contributed by atoms with E-state index in [2.05, 4.69) is 10.6 Å². The van der Waals surface area contributed by atoms with Gasteiger partial charge in [-0.15, -0.1) is 0 Å². The molecule has 3 N–H and O–H groups in total. The van der Waals surface area contributed by atoms with E-state index in [1.807, 2.05) is 30.3 Å². The standard InChI is InChI=1S/C21H18N2O4/c24-16-7-6-14-10-13(11-18(25)17(14)12-16)8-9-21(15-4-2-1-3-5-15)19(26)22-20(27)23-21/h1-7,11-12,24H,8-10H2,(H2,22,23,26,27). The van der Waals surface area contributed by atoms with Crippen LogP contribution in [-0.2, 0) is 16.8 Å². The molecule has 0 radical (unpaired) electrons. The molecule has 2 aromatic carbocycles. The summed E-state index contributed by atoms with van der Waals surface area (Å²) in [5, 5.41) is 14.7. The Morgan fingerprint density at radius 3 is 2.52 bits per heavy atom. The number of fused-ring (bicyclic) bond motifs is 1. The fraction of sp³-hybridized carbons (Fsp3) is 0.190. The number of allylic oxidation sites excluding steroid dienone is 2. The van der Waals surface area contributed by atoms with Crippen LogP contribution in [0.15, 0.2) is 60.2 Å². The SMILES string of the molecule is O=C1NC(=O)C(CCC2=CC(=O)c3cc(O)ccc3C2)(c2ccccc2)N1. The zero-order chi connectivity index (χ0) is 19.0. The molecule has 136 valence electrons. The van der Waals surface area contributed by atoms with Crippen LogP contribution in [0.1, 0.15) is 34.3 Å². The van der Waals surface area contributed by atoms with Crippen LogP contribution in [0, 0.1) is 0 Å². The van der Waals surface area contributed by atoms with Gasteiger partial charge >= 0.3 is 6.03 Å². The molecule has 1 heterocycles. The highest BCUT2D eigenvalue weighted by molar-refractivity contribution is 6.08. The second kappa shape index (κ2) is 6.39. The van der Waals surface area contributed by atoms with E-state index in [9.17, 15) is 19.5 Å². The van der Waals surface area contributed by atoms with Crippen LogP contribution < -0.4 is 10.6 Å². The van der Waals surface area contributed by atoms with Crippen molar-refractivity contribution in [3.63, 3.8) is 0 Å². The number of phenols is 1. The molecule has 0 spiro atoms. The van der Waals surface area contributed by atoms with E-state index in [-0.39, 0.29) is 17.4 Å². The Kier molecular flexibility index (Phi) is 4.03. The number of amides is 3. The summed E-state index contributed by atoms with van der Waals surface area (Å²) in [4.78, 5) is 36.8. The van der Waals surface area contributed by atoms with Gasteiger partial charge in [-0.3, -0.25) is 14.9 Å². The molecule has 0 aromatic heterocycles. The lowest BCUT2D eigenvalue weighted by molar-refractivity contribution is -0.124. The van der Waals surface area contributed by atoms with Crippen molar-refractivity contribution in [2.45, 2.75) is 24.8 Å². The maximum Gasteiger partial charge on any atom is 0.322 e. The molecule has 2 aliphatic rings. The fourth-order valence-corrected chi connectivity index (χ4v) is 3.75. The molecule has 6 heteroatoms. The number of benzene rings is 2. The van der Waals surface area contributed by atoms with Crippen LogP contribution >= 0.6 is 0 Å². The van der Waals surface area contributed by atoms with Crippen LogP contribution in [0.3, 0.4) is 0 Å². The summed E-state index contributed by atoms with van der Waals surface area (Å²) in [6, 6.07) is 13.4. The minimum atomic E-state index is -1.14. The maximum atomic E-state index is 12.6.